The number of ether oxygens (including phenoxy) is 1. The van der Waals surface area contributed by atoms with Crippen molar-refractivity contribution in [2.45, 2.75) is 37.8 Å². The Hall–Kier alpha value is -2.55. The van der Waals surface area contributed by atoms with E-state index in [1.165, 1.54) is 12.1 Å². The quantitative estimate of drug-likeness (QED) is 0.719. The number of morpholine rings is 1. The molecule has 9 heteroatoms. The molecule has 2 amide bonds. The fourth-order valence-corrected chi connectivity index (χ4v) is 4.25. The largest absolute Gasteiger partial charge is 0.448 e. The van der Waals surface area contributed by atoms with E-state index in [1.54, 1.807) is 16.1 Å². The summed E-state index contributed by atoms with van der Waals surface area (Å²) in [4.78, 5) is 21.2. The summed E-state index contributed by atoms with van der Waals surface area (Å²) in [5.74, 6) is 0.350. The summed E-state index contributed by atoms with van der Waals surface area (Å²) in [6.45, 7) is 4.97. The second kappa shape index (κ2) is 8.90. The van der Waals surface area contributed by atoms with Crippen LogP contribution in [0.3, 0.4) is 0 Å². The van der Waals surface area contributed by atoms with E-state index in [0.29, 0.717) is 51.7 Å². The van der Waals surface area contributed by atoms with Gasteiger partial charge in [0.1, 0.15) is 6.26 Å². The highest BCUT2D eigenvalue weighted by atomic mass is 19.4. The van der Waals surface area contributed by atoms with Crippen LogP contribution in [0.1, 0.15) is 47.9 Å². The van der Waals surface area contributed by atoms with Crippen molar-refractivity contribution in [3.63, 3.8) is 0 Å². The summed E-state index contributed by atoms with van der Waals surface area (Å²) >= 11 is 0. The van der Waals surface area contributed by atoms with Gasteiger partial charge in [-0.1, -0.05) is 19.1 Å². The number of urea groups is 1. The SMILES string of the molecule is CCc1coc(C2CC(c3ccc(C(F)(F)F)cc3)CN(C(=O)N3CCOCC3)C2)n1. The first kappa shape index (κ1) is 21.7. The molecule has 2 atom stereocenters. The first-order chi connectivity index (χ1) is 14.8. The van der Waals surface area contributed by atoms with Gasteiger partial charge in [0.2, 0.25) is 0 Å². The van der Waals surface area contributed by atoms with Crippen LogP contribution in [0.5, 0.6) is 0 Å². The fraction of sp³-hybridized carbons (Fsp3) is 0.545. The van der Waals surface area contributed by atoms with Crippen LogP contribution in [0.25, 0.3) is 0 Å². The van der Waals surface area contributed by atoms with Crippen LogP contribution in [0.4, 0.5) is 18.0 Å². The second-order valence-corrected chi connectivity index (χ2v) is 8.07. The molecule has 0 spiro atoms. The van der Waals surface area contributed by atoms with Gasteiger partial charge in [0.25, 0.3) is 0 Å². The monoisotopic (exact) mass is 437 g/mol. The minimum absolute atomic E-state index is 0.0767. The van der Waals surface area contributed by atoms with Crippen LogP contribution in [-0.4, -0.2) is 60.2 Å². The van der Waals surface area contributed by atoms with Crippen LogP contribution in [0.15, 0.2) is 34.9 Å². The van der Waals surface area contributed by atoms with Crippen molar-refractivity contribution < 1.29 is 27.1 Å². The number of oxazole rings is 1. The van der Waals surface area contributed by atoms with Crippen molar-refractivity contribution >= 4 is 6.03 Å². The summed E-state index contributed by atoms with van der Waals surface area (Å²) < 4.78 is 49.9. The van der Waals surface area contributed by atoms with Gasteiger partial charge in [-0.3, -0.25) is 0 Å². The second-order valence-electron chi connectivity index (χ2n) is 8.07. The van der Waals surface area contributed by atoms with Gasteiger partial charge >= 0.3 is 12.2 Å². The molecule has 1 aromatic heterocycles. The number of hydrogen-bond acceptors (Lipinski definition) is 4. The topological polar surface area (TPSA) is 58.8 Å². The zero-order valence-electron chi connectivity index (χ0n) is 17.4. The van der Waals surface area contributed by atoms with Gasteiger partial charge in [0.05, 0.1) is 30.4 Å². The Morgan fingerprint density at radius 2 is 1.77 bits per heavy atom. The number of carbonyl (C=O) groups excluding carboxylic acids is 1. The third kappa shape index (κ3) is 4.87. The lowest BCUT2D eigenvalue weighted by atomic mass is 9.84. The Bertz CT molecular complexity index is 891. The molecule has 0 saturated carbocycles. The average Bonchev–Trinajstić information content (AvgIpc) is 3.28. The third-order valence-corrected chi connectivity index (χ3v) is 5.99. The number of rotatable bonds is 3. The molecule has 1 aromatic carbocycles. The van der Waals surface area contributed by atoms with E-state index in [-0.39, 0.29) is 17.9 Å². The smallest absolute Gasteiger partial charge is 0.416 e. The van der Waals surface area contributed by atoms with Crippen molar-refractivity contribution in [3.8, 4) is 0 Å². The molecule has 0 bridgehead atoms. The van der Waals surface area contributed by atoms with Crippen molar-refractivity contribution in [1.82, 2.24) is 14.8 Å². The van der Waals surface area contributed by atoms with E-state index in [0.717, 1.165) is 29.8 Å². The summed E-state index contributed by atoms with van der Waals surface area (Å²) in [7, 11) is 0. The van der Waals surface area contributed by atoms with E-state index >= 15 is 0 Å². The number of aryl methyl sites for hydroxylation is 1. The van der Waals surface area contributed by atoms with Crippen LogP contribution in [-0.2, 0) is 17.3 Å². The lowest BCUT2D eigenvalue weighted by molar-refractivity contribution is -0.137. The minimum Gasteiger partial charge on any atom is -0.448 e. The number of carbonyl (C=O) groups is 1. The van der Waals surface area contributed by atoms with Crippen molar-refractivity contribution in [2.75, 3.05) is 39.4 Å². The van der Waals surface area contributed by atoms with Crippen molar-refractivity contribution in [1.29, 1.82) is 0 Å². The van der Waals surface area contributed by atoms with Gasteiger partial charge in [-0.15, -0.1) is 0 Å². The standard InChI is InChI=1S/C22H26F3N3O3/c1-2-19-14-31-20(26-19)17-11-16(15-3-5-18(6-4-15)22(23,24)25)12-28(13-17)21(29)27-7-9-30-10-8-27/h3-6,14,16-17H,2,7-13H2,1H3. The Labute approximate surface area is 179 Å². The van der Waals surface area contributed by atoms with Gasteiger partial charge in [0, 0.05) is 32.1 Å². The lowest BCUT2D eigenvalue weighted by Gasteiger charge is -2.40. The molecule has 2 aliphatic rings. The minimum atomic E-state index is -4.37. The maximum absolute atomic E-state index is 13.2. The van der Waals surface area contributed by atoms with E-state index < -0.39 is 11.7 Å². The van der Waals surface area contributed by atoms with E-state index in [4.69, 9.17) is 9.15 Å². The zero-order valence-corrected chi connectivity index (χ0v) is 17.4. The molecule has 0 radical (unpaired) electrons. The predicted molar refractivity (Wildman–Crippen MR) is 107 cm³/mol. The van der Waals surface area contributed by atoms with E-state index in [1.807, 2.05) is 6.92 Å². The number of hydrogen-bond donors (Lipinski definition) is 0. The molecule has 2 fully saturated rings. The van der Waals surface area contributed by atoms with Gasteiger partial charge in [-0.2, -0.15) is 13.2 Å². The molecule has 0 aliphatic carbocycles. The van der Waals surface area contributed by atoms with Gasteiger partial charge in [-0.25, -0.2) is 9.78 Å². The molecule has 2 aliphatic heterocycles. The van der Waals surface area contributed by atoms with Crippen LogP contribution < -0.4 is 0 Å². The number of alkyl halides is 3. The Morgan fingerprint density at radius 1 is 1.10 bits per heavy atom. The van der Waals surface area contributed by atoms with Crippen molar-refractivity contribution in [2.24, 2.45) is 0 Å². The summed E-state index contributed by atoms with van der Waals surface area (Å²) in [5.41, 5.74) is 0.947. The molecule has 2 unspecified atom stereocenters. The molecule has 0 N–H and O–H groups in total. The molecule has 168 valence electrons. The van der Waals surface area contributed by atoms with Crippen molar-refractivity contribution in [3.05, 3.63) is 53.2 Å². The van der Waals surface area contributed by atoms with Gasteiger partial charge in [0.15, 0.2) is 5.89 Å². The van der Waals surface area contributed by atoms with Crippen LogP contribution in [0.2, 0.25) is 0 Å². The number of amides is 2. The third-order valence-electron chi connectivity index (χ3n) is 5.99. The number of halogens is 3. The lowest BCUT2D eigenvalue weighted by Crippen LogP contribution is -2.52. The summed E-state index contributed by atoms with van der Waals surface area (Å²) in [6, 6.07) is 5.16. The average molecular weight is 437 g/mol. The Morgan fingerprint density at radius 3 is 2.39 bits per heavy atom. The predicted octanol–water partition coefficient (Wildman–Crippen LogP) is 4.28. The number of piperidine rings is 1. The normalized spacial score (nSPS) is 22.6. The Balaban J connectivity index is 1.58. The highest BCUT2D eigenvalue weighted by Crippen LogP contribution is 2.37. The highest BCUT2D eigenvalue weighted by molar-refractivity contribution is 5.75. The number of aromatic nitrogens is 1. The summed E-state index contributed by atoms with van der Waals surface area (Å²) in [5, 5.41) is 0. The number of benzene rings is 1. The molecule has 4 rings (SSSR count). The van der Waals surface area contributed by atoms with Crippen LogP contribution >= 0.6 is 0 Å². The first-order valence-corrected chi connectivity index (χ1v) is 10.6. The maximum Gasteiger partial charge on any atom is 0.416 e. The molecule has 2 aromatic rings. The van der Waals surface area contributed by atoms with Crippen LogP contribution in [0, 0.1) is 0 Å². The first-order valence-electron chi connectivity index (χ1n) is 10.6. The van der Waals surface area contributed by atoms with Gasteiger partial charge in [-0.05, 0) is 30.5 Å². The Kier molecular flexibility index (Phi) is 6.22. The molecular weight excluding hydrogens is 411 g/mol. The fourth-order valence-electron chi connectivity index (χ4n) is 4.25. The molecule has 3 heterocycles. The molecule has 6 nitrogen and oxygen atoms in total. The molecule has 2 saturated heterocycles. The molecular formula is C22H26F3N3O3. The highest BCUT2D eigenvalue weighted by Gasteiger charge is 2.36. The summed E-state index contributed by atoms with van der Waals surface area (Å²) in [6.07, 6.45) is -1.34. The van der Waals surface area contributed by atoms with E-state index in [2.05, 4.69) is 4.98 Å². The zero-order chi connectivity index (χ0) is 22.0. The number of nitrogens with zero attached hydrogens (tertiary/aromatic N) is 3. The maximum atomic E-state index is 13.2. The number of likely N-dealkylation sites (tertiary alicyclic amines) is 1. The van der Waals surface area contributed by atoms with E-state index in [9.17, 15) is 18.0 Å². The molecule has 31 heavy (non-hydrogen) atoms. The van der Waals surface area contributed by atoms with Gasteiger partial charge < -0.3 is 19.0 Å².